The van der Waals surface area contributed by atoms with Gasteiger partial charge in [-0.2, -0.15) is 0 Å². The molecule has 4 nitrogen and oxygen atoms in total. The molecule has 0 amide bonds. The zero-order valence-corrected chi connectivity index (χ0v) is 22.0. The molecule has 0 saturated carbocycles. The monoisotopic (exact) mass is 492 g/mol. The van der Waals surface area contributed by atoms with Crippen molar-refractivity contribution in [3.63, 3.8) is 0 Å². The van der Waals surface area contributed by atoms with E-state index in [0.29, 0.717) is 22.7 Å². The number of nitrogens with one attached hydrogen (secondary N) is 2. The normalized spacial score (nSPS) is 18.3. The molecular weight excluding hydrogens is 458 g/mol. The number of esters is 1. The van der Waals surface area contributed by atoms with Crippen molar-refractivity contribution in [1.82, 2.24) is 10.9 Å². The third-order valence-corrected chi connectivity index (χ3v) is 6.08. The van der Waals surface area contributed by atoms with Crippen LogP contribution in [-0.4, -0.2) is 17.7 Å². The highest BCUT2D eigenvalue weighted by atomic mass is 35.5. The highest BCUT2D eigenvalue weighted by Crippen LogP contribution is 2.36. The van der Waals surface area contributed by atoms with Crippen molar-refractivity contribution in [1.29, 1.82) is 0 Å². The number of hydrogen-bond donors (Lipinski definition) is 2. The third kappa shape index (κ3) is 8.63. The molecule has 0 bridgehead atoms. The van der Waals surface area contributed by atoms with Crippen LogP contribution in [0.4, 0.5) is 4.39 Å². The van der Waals surface area contributed by atoms with Crippen LogP contribution in [0, 0.1) is 12.3 Å². The van der Waals surface area contributed by atoms with Gasteiger partial charge in [0.05, 0.1) is 12.5 Å². The van der Waals surface area contributed by atoms with E-state index in [0.717, 1.165) is 10.9 Å². The number of hydrogen-bond acceptors (Lipinski definition) is 4. The minimum Gasteiger partial charge on any atom is -0.454 e. The lowest BCUT2D eigenvalue weighted by molar-refractivity contribution is -0.157. The first-order chi connectivity index (χ1) is 15.7. The Morgan fingerprint density at radius 2 is 2.15 bits per heavy atom. The zero-order chi connectivity index (χ0) is 25.0. The fourth-order valence-corrected chi connectivity index (χ4v) is 3.59. The van der Waals surface area contributed by atoms with Crippen molar-refractivity contribution in [2.24, 2.45) is 0 Å². The maximum absolute atomic E-state index is 15.3. The lowest BCUT2D eigenvalue weighted by Crippen LogP contribution is -2.34. The quantitative estimate of drug-likeness (QED) is 0.196. The molecule has 0 saturated heterocycles. The maximum atomic E-state index is 15.3. The number of alkyl halides is 1. The highest BCUT2D eigenvalue weighted by Gasteiger charge is 2.37. The second-order valence-electron chi connectivity index (χ2n) is 7.51. The predicted octanol–water partition coefficient (Wildman–Crippen LogP) is 5.87. The number of carbonyl (C=O) groups is 1. The summed E-state index contributed by atoms with van der Waals surface area (Å²) in [5, 5.41) is 1.26. The van der Waals surface area contributed by atoms with Gasteiger partial charge in [-0.25, -0.2) is 9.82 Å². The van der Waals surface area contributed by atoms with E-state index in [1.165, 1.54) is 6.92 Å². The van der Waals surface area contributed by atoms with Gasteiger partial charge in [-0.3, -0.25) is 4.79 Å². The summed E-state index contributed by atoms with van der Waals surface area (Å²) < 4.78 is 20.9. The lowest BCUT2D eigenvalue weighted by Gasteiger charge is -2.30. The molecule has 33 heavy (non-hydrogen) atoms. The maximum Gasteiger partial charge on any atom is 0.312 e. The number of carbonyl (C=O) groups excluding carboxylic acids is 1. The summed E-state index contributed by atoms with van der Waals surface area (Å²) in [6, 6.07) is 4.96. The standard InChI is InChI=1S/C24H29ClFN2O2P.C2H6/c1-5-8-10-16(9-6-2)20-14-18(27-28-20)15-22(29)30-23(24(4,26)7-3)17-11-12-19(25)21(31)13-17;1-2/h1,6,9-14,20,23,27-28H,7-8,15,31H2,2-4H3;1-2H3/b9-6-,16-10+;. The van der Waals surface area contributed by atoms with E-state index in [4.69, 9.17) is 22.8 Å². The van der Waals surface area contributed by atoms with Crippen molar-refractivity contribution in [3.05, 3.63) is 64.4 Å². The Hall–Kier alpha value is -2.12. The van der Waals surface area contributed by atoms with Crippen molar-refractivity contribution >= 4 is 32.1 Å². The number of halogens is 2. The molecule has 0 radical (unpaired) electrons. The molecule has 0 aromatic heterocycles. The fraction of sp³-hybridized carbons (Fsp3) is 0.423. The third-order valence-electron chi connectivity index (χ3n) is 5.07. The molecule has 0 aliphatic carbocycles. The summed E-state index contributed by atoms with van der Waals surface area (Å²) in [4.78, 5) is 12.7. The first-order valence-electron chi connectivity index (χ1n) is 11.1. The van der Waals surface area contributed by atoms with Gasteiger partial charge >= 0.3 is 5.97 Å². The molecule has 1 aliphatic rings. The largest absolute Gasteiger partial charge is 0.454 e. The van der Waals surface area contributed by atoms with Gasteiger partial charge in [0.25, 0.3) is 0 Å². The second-order valence-corrected chi connectivity index (χ2v) is 8.54. The van der Waals surface area contributed by atoms with Gasteiger partial charge in [0.15, 0.2) is 6.10 Å². The first-order valence-corrected chi connectivity index (χ1v) is 12.1. The summed E-state index contributed by atoms with van der Waals surface area (Å²) in [6.07, 6.45) is 12.7. The van der Waals surface area contributed by atoms with Crippen LogP contribution in [0.15, 0.2) is 53.8 Å². The Bertz CT molecular complexity index is 935. The number of terminal acetylenes is 1. The van der Waals surface area contributed by atoms with Crippen LogP contribution >= 0.6 is 20.8 Å². The molecule has 1 aliphatic heterocycles. The van der Waals surface area contributed by atoms with Crippen molar-refractivity contribution in [2.75, 3.05) is 0 Å². The first kappa shape index (κ1) is 28.9. The van der Waals surface area contributed by atoms with E-state index in [9.17, 15) is 4.79 Å². The van der Waals surface area contributed by atoms with E-state index in [2.05, 4.69) is 26.0 Å². The van der Waals surface area contributed by atoms with Crippen LogP contribution in [0.3, 0.4) is 0 Å². The van der Waals surface area contributed by atoms with E-state index >= 15 is 4.39 Å². The average Bonchev–Trinajstić information content (AvgIpc) is 3.26. The van der Waals surface area contributed by atoms with Crippen LogP contribution in [0.2, 0.25) is 5.02 Å². The molecular formula is C26H35ClFN2O2P. The zero-order valence-electron chi connectivity index (χ0n) is 20.0. The van der Waals surface area contributed by atoms with Gasteiger partial charge in [-0.05, 0) is 54.9 Å². The van der Waals surface area contributed by atoms with Crippen LogP contribution in [0.1, 0.15) is 65.5 Å². The predicted molar refractivity (Wildman–Crippen MR) is 140 cm³/mol. The number of allylic oxidation sites excluding steroid dienone is 2. The van der Waals surface area contributed by atoms with Gasteiger partial charge in [0.2, 0.25) is 0 Å². The molecule has 180 valence electrons. The van der Waals surface area contributed by atoms with E-state index < -0.39 is 17.7 Å². The molecule has 2 N–H and O–H groups in total. The van der Waals surface area contributed by atoms with Crippen molar-refractivity contribution in [2.45, 2.75) is 71.7 Å². The van der Waals surface area contributed by atoms with E-state index in [1.54, 1.807) is 25.1 Å². The number of rotatable bonds is 9. The van der Waals surface area contributed by atoms with E-state index in [1.807, 2.05) is 45.1 Å². The molecule has 1 aromatic rings. The minimum atomic E-state index is -1.73. The molecule has 4 unspecified atom stereocenters. The molecule has 7 heteroatoms. The van der Waals surface area contributed by atoms with Crippen LogP contribution < -0.4 is 16.2 Å². The van der Waals surface area contributed by atoms with Crippen LogP contribution in [0.5, 0.6) is 0 Å². The Balaban J connectivity index is 0.00000265. The summed E-state index contributed by atoms with van der Waals surface area (Å²) in [7, 11) is 2.51. The average molecular weight is 493 g/mol. The molecule has 0 fully saturated rings. The summed E-state index contributed by atoms with van der Waals surface area (Å²) in [6.45, 7) is 9.08. The Morgan fingerprint density at radius 3 is 2.73 bits per heavy atom. The topological polar surface area (TPSA) is 50.4 Å². The highest BCUT2D eigenvalue weighted by molar-refractivity contribution is 7.28. The Kier molecular flexibility index (Phi) is 12.4. The van der Waals surface area contributed by atoms with Crippen LogP contribution in [-0.2, 0) is 9.53 Å². The summed E-state index contributed by atoms with van der Waals surface area (Å²) >= 11 is 6.08. The lowest BCUT2D eigenvalue weighted by atomic mass is 9.92. The summed E-state index contributed by atoms with van der Waals surface area (Å²) in [5.74, 6) is 2.06. The number of benzene rings is 1. The molecule has 1 heterocycles. The Morgan fingerprint density at radius 1 is 1.45 bits per heavy atom. The number of ether oxygens (including phenoxy) is 1. The molecule has 4 atom stereocenters. The van der Waals surface area contributed by atoms with Gasteiger partial charge in [-0.15, -0.1) is 21.6 Å². The minimum absolute atomic E-state index is 0.0145. The molecule has 2 rings (SSSR count). The fourth-order valence-electron chi connectivity index (χ4n) is 3.18. The smallest absolute Gasteiger partial charge is 0.312 e. The van der Waals surface area contributed by atoms with Crippen LogP contribution in [0.25, 0.3) is 0 Å². The van der Waals surface area contributed by atoms with Gasteiger partial charge in [0, 0.05) is 17.1 Å². The summed E-state index contributed by atoms with van der Waals surface area (Å²) in [5.41, 5.74) is 6.60. The van der Waals surface area contributed by atoms with Gasteiger partial charge in [-0.1, -0.05) is 56.7 Å². The second kappa shape index (κ2) is 14.2. The SMILES string of the molecule is C#CC/C=C(\C=C/C)C1C=C(CC(=O)OC(c2ccc(Cl)c(P)c2)C(C)(F)CC)NN1.CC. The van der Waals surface area contributed by atoms with Gasteiger partial charge in [0.1, 0.15) is 5.67 Å². The molecule has 1 aromatic carbocycles. The Labute approximate surface area is 205 Å². The van der Waals surface area contributed by atoms with Gasteiger partial charge < -0.3 is 10.2 Å². The van der Waals surface area contributed by atoms with Crippen molar-refractivity contribution < 1.29 is 13.9 Å². The van der Waals surface area contributed by atoms with E-state index in [-0.39, 0.29) is 18.9 Å². The molecule has 0 spiro atoms. The number of hydrazine groups is 1. The van der Waals surface area contributed by atoms with Crippen molar-refractivity contribution in [3.8, 4) is 12.3 Å².